The number of nitrogens with zero attached hydrogens (tertiary/aromatic N) is 2. The van der Waals surface area contributed by atoms with Crippen molar-refractivity contribution in [2.75, 3.05) is 7.11 Å². The fraction of sp³-hybridized carbons (Fsp3) is 0.231. The van der Waals surface area contributed by atoms with E-state index in [1.54, 1.807) is 13.3 Å². The van der Waals surface area contributed by atoms with Crippen molar-refractivity contribution < 1.29 is 4.74 Å². The number of hydrogen-bond acceptors (Lipinski definition) is 3. The fourth-order valence-corrected chi connectivity index (χ4v) is 1.83. The topological polar surface area (TPSA) is 35.0 Å². The van der Waals surface area contributed by atoms with Gasteiger partial charge >= 0.3 is 0 Å². The maximum atomic E-state index is 5.84. The molecule has 0 spiro atoms. The van der Waals surface area contributed by atoms with Gasteiger partial charge in [-0.1, -0.05) is 11.6 Å². The Morgan fingerprint density at radius 3 is 2.71 bits per heavy atom. The Morgan fingerprint density at radius 2 is 2.00 bits per heavy atom. The number of aromatic nitrogens is 2. The van der Waals surface area contributed by atoms with Crippen molar-refractivity contribution in [3.8, 4) is 17.0 Å². The molecule has 0 fully saturated rings. The largest absolute Gasteiger partial charge is 0.496 e. The first-order valence-electron chi connectivity index (χ1n) is 5.26. The number of methoxy groups -OCH3 is 1. The van der Waals surface area contributed by atoms with Crippen LogP contribution in [0, 0.1) is 13.8 Å². The molecular weight excluding hydrogens is 236 g/mol. The number of aryl methyl sites for hydroxylation is 2. The maximum absolute atomic E-state index is 5.84. The summed E-state index contributed by atoms with van der Waals surface area (Å²) in [5.74, 6) is 0.786. The summed E-state index contributed by atoms with van der Waals surface area (Å²) in [5, 5.41) is 0.245. The van der Waals surface area contributed by atoms with Crippen LogP contribution >= 0.6 is 11.6 Å². The Morgan fingerprint density at radius 1 is 1.24 bits per heavy atom. The van der Waals surface area contributed by atoms with Gasteiger partial charge < -0.3 is 4.74 Å². The van der Waals surface area contributed by atoms with Crippen LogP contribution in [-0.2, 0) is 0 Å². The molecule has 2 aromatic rings. The highest BCUT2D eigenvalue weighted by Gasteiger charge is 2.11. The van der Waals surface area contributed by atoms with E-state index in [1.165, 1.54) is 0 Å². The van der Waals surface area contributed by atoms with Crippen LogP contribution in [0.15, 0.2) is 24.4 Å². The third-order valence-electron chi connectivity index (χ3n) is 2.55. The zero-order chi connectivity index (χ0) is 12.4. The van der Waals surface area contributed by atoms with Gasteiger partial charge in [0.1, 0.15) is 5.75 Å². The highest BCUT2D eigenvalue weighted by atomic mass is 35.5. The summed E-state index contributed by atoms with van der Waals surface area (Å²) in [6.45, 7) is 3.98. The van der Waals surface area contributed by atoms with E-state index in [1.807, 2.05) is 32.0 Å². The predicted octanol–water partition coefficient (Wildman–Crippen LogP) is 3.42. The molecule has 0 N–H and O–H groups in total. The van der Waals surface area contributed by atoms with Crippen LogP contribution in [0.1, 0.15) is 11.1 Å². The fourth-order valence-electron chi connectivity index (χ4n) is 1.70. The maximum Gasteiger partial charge on any atom is 0.222 e. The molecule has 0 aliphatic rings. The van der Waals surface area contributed by atoms with Gasteiger partial charge in [-0.15, -0.1) is 0 Å². The Labute approximate surface area is 105 Å². The molecule has 0 amide bonds. The highest BCUT2D eigenvalue weighted by molar-refractivity contribution is 6.28. The van der Waals surface area contributed by atoms with Gasteiger partial charge in [0, 0.05) is 11.8 Å². The van der Waals surface area contributed by atoms with Crippen molar-refractivity contribution in [3.05, 3.63) is 40.8 Å². The van der Waals surface area contributed by atoms with Crippen LogP contribution in [0.4, 0.5) is 0 Å². The summed E-state index contributed by atoms with van der Waals surface area (Å²) in [5.41, 5.74) is 3.87. The Hall–Kier alpha value is -1.61. The van der Waals surface area contributed by atoms with E-state index in [4.69, 9.17) is 16.3 Å². The summed E-state index contributed by atoms with van der Waals surface area (Å²) in [4.78, 5) is 8.22. The molecule has 0 aliphatic heterocycles. The second kappa shape index (κ2) is 4.72. The number of hydrogen-bond donors (Lipinski definition) is 0. The van der Waals surface area contributed by atoms with Crippen LogP contribution in [0.2, 0.25) is 5.28 Å². The normalized spacial score (nSPS) is 10.4. The molecule has 1 heterocycles. The molecule has 0 radical (unpaired) electrons. The SMILES string of the molecule is COc1ccc(C)cc1-c1nc(Cl)ncc1C. The Bertz CT molecular complexity index is 555. The zero-order valence-corrected chi connectivity index (χ0v) is 10.7. The minimum Gasteiger partial charge on any atom is -0.496 e. The molecule has 0 saturated carbocycles. The standard InChI is InChI=1S/C13H13ClN2O/c1-8-4-5-11(17-3)10(6-8)12-9(2)7-15-13(14)16-12/h4-7H,1-3H3. The first kappa shape index (κ1) is 11.9. The van der Waals surface area contributed by atoms with Crippen molar-refractivity contribution in [1.82, 2.24) is 9.97 Å². The summed E-state index contributed by atoms with van der Waals surface area (Å²) in [7, 11) is 1.65. The van der Waals surface area contributed by atoms with Gasteiger partial charge in [-0.05, 0) is 43.1 Å². The Balaban J connectivity index is 2.66. The minimum absolute atomic E-state index is 0.245. The first-order chi connectivity index (χ1) is 8.11. The first-order valence-corrected chi connectivity index (χ1v) is 5.64. The van der Waals surface area contributed by atoms with Gasteiger partial charge in [-0.25, -0.2) is 9.97 Å². The Kier molecular flexibility index (Phi) is 3.29. The lowest BCUT2D eigenvalue weighted by Crippen LogP contribution is -1.95. The van der Waals surface area contributed by atoms with Gasteiger partial charge in [0.25, 0.3) is 0 Å². The molecule has 2 rings (SSSR count). The summed E-state index contributed by atoms with van der Waals surface area (Å²) in [6, 6.07) is 5.96. The van der Waals surface area contributed by atoms with Gasteiger partial charge in [0.05, 0.1) is 12.8 Å². The molecule has 1 aromatic heterocycles. The highest BCUT2D eigenvalue weighted by Crippen LogP contribution is 2.31. The molecule has 0 aliphatic carbocycles. The molecule has 88 valence electrons. The second-order valence-corrected chi connectivity index (χ2v) is 4.21. The van der Waals surface area contributed by atoms with Crippen LogP contribution in [-0.4, -0.2) is 17.1 Å². The van der Waals surface area contributed by atoms with Crippen molar-refractivity contribution in [3.63, 3.8) is 0 Å². The van der Waals surface area contributed by atoms with Gasteiger partial charge in [-0.3, -0.25) is 0 Å². The van der Waals surface area contributed by atoms with Crippen molar-refractivity contribution >= 4 is 11.6 Å². The van der Waals surface area contributed by atoms with E-state index < -0.39 is 0 Å². The van der Waals surface area contributed by atoms with Crippen LogP contribution < -0.4 is 4.74 Å². The summed E-state index contributed by atoms with van der Waals surface area (Å²) < 4.78 is 5.35. The zero-order valence-electron chi connectivity index (χ0n) is 9.99. The molecule has 3 nitrogen and oxygen atoms in total. The van der Waals surface area contributed by atoms with Gasteiger partial charge in [0.2, 0.25) is 5.28 Å². The lowest BCUT2D eigenvalue weighted by atomic mass is 10.0. The second-order valence-electron chi connectivity index (χ2n) is 3.87. The number of rotatable bonds is 2. The van der Waals surface area contributed by atoms with E-state index in [-0.39, 0.29) is 5.28 Å². The summed E-state index contributed by atoms with van der Waals surface area (Å²) in [6.07, 6.45) is 1.71. The van der Waals surface area contributed by atoms with E-state index >= 15 is 0 Å². The van der Waals surface area contributed by atoms with Crippen LogP contribution in [0.5, 0.6) is 5.75 Å². The molecule has 17 heavy (non-hydrogen) atoms. The van der Waals surface area contributed by atoms with Gasteiger partial charge in [-0.2, -0.15) is 0 Å². The number of halogens is 1. The summed E-state index contributed by atoms with van der Waals surface area (Å²) >= 11 is 5.84. The van der Waals surface area contributed by atoms with Crippen LogP contribution in [0.3, 0.4) is 0 Å². The van der Waals surface area contributed by atoms with Crippen LogP contribution in [0.25, 0.3) is 11.3 Å². The van der Waals surface area contributed by atoms with E-state index in [9.17, 15) is 0 Å². The van der Waals surface area contributed by atoms with Crippen molar-refractivity contribution in [2.24, 2.45) is 0 Å². The lowest BCUT2D eigenvalue weighted by Gasteiger charge is -2.10. The number of benzene rings is 1. The van der Waals surface area contributed by atoms with Gasteiger partial charge in [0.15, 0.2) is 0 Å². The average Bonchev–Trinajstić information content (AvgIpc) is 2.32. The molecule has 0 atom stereocenters. The minimum atomic E-state index is 0.245. The smallest absolute Gasteiger partial charge is 0.222 e. The third kappa shape index (κ3) is 2.39. The average molecular weight is 249 g/mol. The monoisotopic (exact) mass is 248 g/mol. The van der Waals surface area contributed by atoms with Crippen molar-refractivity contribution in [1.29, 1.82) is 0 Å². The molecule has 0 bridgehead atoms. The molecule has 0 saturated heterocycles. The lowest BCUT2D eigenvalue weighted by molar-refractivity contribution is 0.416. The molecular formula is C13H13ClN2O. The van der Waals surface area contributed by atoms with E-state index in [2.05, 4.69) is 9.97 Å². The molecule has 0 unspecified atom stereocenters. The number of ether oxygens (including phenoxy) is 1. The van der Waals surface area contributed by atoms with E-state index in [0.29, 0.717) is 0 Å². The predicted molar refractivity (Wildman–Crippen MR) is 68.5 cm³/mol. The third-order valence-corrected chi connectivity index (χ3v) is 2.73. The molecule has 1 aromatic carbocycles. The molecule has 4 heteroatoms. The van der Waals surface area contributed by atoms with Crippen molar-refractivity contribution in [2.45, 2.75) is 13.8 Å². The van der Waals surface area contributed by atoms with E-state index in [0.717, 1.165) is 28.1 Å². The quantitative estimate of drug-likeness (QED) is 0.764.